The molecule has 4 N–H and O–H groups in total. The third kappa shape index (κ3) is 1.86. The summed E-state index contributed by atoms with van der Waals surface area (Å²) in [5, 5.41) is 28.7. The van der Waals surface area contributed by atoms with Gasteiger partial charge in [0, 0.05) is 12.3 Å². The number of aromatic amines is 1. The van der Waals surface area contributed by atoms with Crippen molar-refractivity contribution in [1.82, 2.24) is 9.55 Å². The number of rotatable bonds is 2. The van der Waals surface area contributed by atoms with Crippen LogP contribution in [-0.2, 0) is 4.74 Å². The Labute approximate surface area is 111 Å². The lowest BCUT2D eigenvalue weighted by Gasteiger charge is -2.26. The fourth-order valence-electron chi connectivity index (χ4n) is 1.96. The molecule has 0 saturated carbocycles. The summed E-state index contributed by atoms with van der Waals surface area (Å²) in [6.45, 7) is -1.28. The minimum atomic E-state index is -3.04. The molecule has 8 nitrogen and oxygen atoms in total. The van der Waals surface area contributed by atoms with Crippen molar-refractivity contribution in [3.05, 3.63) is 33.1 Å². The SMILES string of the molecule is C#CC1(O)C(n2ccc(=O)[nH]c2=O)OC(F)(CO)C1O. The molecular formula is C11H11FN2O6. The largest absolute Gasteiger partial charge is 0.390 e. The van der Waals surface area contributed by atoms with E-state index in [9.17, 15) is 24.2 Å². The Morgan fingerprint density at radius 2 is 2.25 bits per heavy atom. The molecular weight excluding hydrogens is 275 g/mol. The monoisotopic (exact) mass is 286 g/mol. The maximum absolute atomic E-state index is 14.1. The van der Waals surface area contributed by atoms with E-state index in [2.05, 4.69) is 0 Å². The second-order valence-electron chi connectivity index (χ2n) is 4.30. The van der Waals surface area contributed by atoms with Gasteiger partial charge in [0.25, 0.3) is 11.4 Å². The summed E-state index contributed by atoms with van der Waals surface area (Å²) in [7, 11) is 0. The highest BCUT2D eigenvalue weighted by atomic mass is 19.2. The number of aromatic nitrogens is 2. The summed E-state index contributed by atoms with van der Waals surface area (Å²) in [6, 6.07) is 0.922. The quantitative estimate of drug-likeness (QED) is 0.444. The van der Waals surface area contributed by atoms with E-state index in [1.165, 1.54) is 0 Å². The number of aliphatic hydroxyl groups excluding tert-OH is 2. The van der Waals surface area contributed by atoms with Crippen LogP contribution in [0.15, 0.2) is 21.9 Å². The van der Waals surface area contributed by atoms with Crippen molar-refractivity contribution in [2.24, 2.45) is 0 Å². The van der Waals surface area contributed by atoms with Gasteiger partial charge in [-0.2, -0.15) is 0 Å². The average Bonchev–Trinajstić information content (AvgIpc) is 2.62. The van der Waals surface area contributed by atoms with Gasteiger partial charge >= 0.3 is 5.69 Å². The van der Waals surface area contributed by atoms with Crippen LogP contribution in [0.5, 0.6) is 0 Å². The zero-order valence-electron chi connectivity index (χ0n) is 9.99. The molecule has 2 heterocycles. The van der Waals surface area contributed by atoms with Crippen molar-refractivity contribution < 1.29 is 24.4 Å². The first-order chi connectivity index (χ1) is 9.28. The number of H-pyrrole nitrogens is 1. The van der Waals surface area contributed by atoms with E-state index in [0.29, 0.717) is 4.57 Å². The number of halogens is 1. The Bertz CT molecular complexity index is 678. The number of hydrogen-bond acceptors (Lipinski definition) is 6. The molecule has 0 radical (unpaired) electrons. The number of hydrogen-bond donors (Lipinski definition) is 4. The molecule has 0 bridgehead atoms. The molecule has 9 heteroatoms. The van der Waals surface area contributed by atoms with Crippen LogP contribution in [0.3, 0.4) is 0 Å². The molecule has 1 aromatic rings. The molecule has 20 heavy (non-hydrogen) atoms. The average molecular weight is 286 g/mol. The molecule has 0 spiro atoms. The van der Waals surface area contributed by atoms with Crippen LogP contribution in [-0.4, -0.2) is 49.0 Å². The molecule has 1 saturated heterocycles. The normalized spacial score (nSPS) is 36.8. The highest BCUT2D eigenvalue weighted by Crippen LogP contribution is 2.44. The number of aliphatic hydroxyl groups is 3. The first-order valence-corrected chi connectivity index (χ1v) is 5.46. The van der Waals surface area contributed by atoms with E-state index < -0.39 is 41.6 Å². The van der Waals surface area contributed by atoms with Gasteiger partial charge in [-0.05, 0) is 0 Å². The van der Waals surface area contributed by atoms with Gasteiger partial charge in [0.2, 0.25) is 5.60 Å². The van der Waals surface area contributed by atoms with Crippen molar-refractivity contribution in [3.8, 4) is 12.3 Å². The first-order valence-electron chi connectivity index (χ1n) is 5.46. The second kappa shape index (κ2) is 4.53. The Kier molecular flexibility index (Phi) is 3.27. The van der Waals surface area contributed by atoms with Crippen molar-refractivity contribution in [1.29, 1.82) is 0 Å². The van der Waals surface area contributed by atoms with Crippen molar-refractivity contribution in [3.63, 3.8) is 0 Å². The Balaban J connectivity index is 2.59. The van der Waals surface area contributed by atoms with Crippen molar-refractivity contribution in [2.75, 3.05) is 6.61 Å². The van der Waals surface area contributed by atoms with E-state index in [0.717, 1.165) is 12.3 Å². The third-order valence-corrected chi connectivity index (χ3v) is 3.06. The third-order valence-electron chi connectivity index (χ3n) is 3.06. The molecule has 1 aliphatic heterocycles. The van der Waals surface area contributed by atoms with Gasteiger partial charge < -0.3 is 20.1 Å². The van der Waals surface area contributed by atoms with Crippen LogP contribution < -0.4 is 11.2 Å². The van der Waals surface area contributed by atoms with Gasteiger partial charge in [0.15, 0.2) is 12.3 Å². The molecule has 1 aromatic heterocycles. The topological polar surface area (TPSA) is 125 Å². The lowest BCUT2D eigenvalue weighted by molar-refractivity contribution is -0.207. The lowest BCUT2D eigenvalue weighted by Crippen LogP contribution is -2.50. The van der Waals surface area contributed by atoms with Gasteiger partial charge in [-0.1, -0.05) is 5.92 Å². The summed E-state index contributed by atoms with van der Waals surface area (Å²) < 4.78 is 19.4. The van der Waals surface area contributed by atoms with E-state index in [4.69, 9.17) is 16.3 Å². The molecule has 1 fully saturated rings. The van der Waals surface area contributed by atoms with E-state index in [1.54, 1.807) is 5.92 Å². The smallest absolute Gasteiger partial charge is 0.330 e. The van der Waals surface area contributed by atoms with Crippen LogP contribution in [0.1, 0.15) is 6.23 Å². The van der Waals surface area contributed by atoms with Gasteiger partial charge in [-0.15, -0.1) is 6.42 Å². The molecule has 0 aromatic carbocycles. The highest BCUT2D eigenvalue weighted by Gasteiger charge is 2.64. The van der Waals surface area contributed by atoms with E-state index in [-0.39, 0.29) is 0 Å². The fraction of sp³-hybridized carbons (Fsp3) is 0.455. The number of ether oxygens (including phenoxy) is 1. The molecule has 1 aliphatic rings. The molecule has 2 rings (SSSR count). The van der Waals surface area contributed by atoms with Gasteiger partial charge in [-0.25, -0.2) is 9.18 Å². The predicted octanol–water partition coefficient (Wildman–Crippen LogP) is -2.55. The maximum Gasteiger partial charge on any atom is 0.330 e. The maximum atomic E-state index is 14.1. The molecule has 0 amide bonds. The van der Waals surface area contributed by atoms with Gasteiger partial charge in [0.1, 0.15) is 6.61 Å². The van der Waals surface area contributed by atoms with E-state index >= 15 is 0 Å². The lowest BCUT2D eigenvalue weighted by atomic mass is 9.94. The predicted molar refractivity (Wildman–Crippen MR) is 62.2 cm³/mol. The minimum Gasteiger partial charge on any atom is -0.390 e. The Morgan fingerprint density at radius 1 is 1.60 bits per heavy atom. The first kappa shape index (κ1) is 14.4. The Hall–Kier alpha value is -1.99. The van der Waals surface area contributed by atoms with Gasteiger partial charge in [-0.3, -0.25) is 14.3 Å². The number of nitrogens with zero attached hydrogens (tertiary/aromatic N) is 1. The zero-order valence-corrected chi connectivity index (χ0v) is 9.99. The summed E-state index contributed by atoms with van der Waals surface area (Å²) in [5.74, 6) is -1.29. The number of nitrogens with one attached hydrogen (secondary N) is 1. The van der Waals surface area contributed by atoms with E-state index in [1.807, 2.05) is 4.98 Å². The summed E-state index contributed by atoms with van der Waals surface area (Å²) >= 11 is 0. The second-order valence-corrected chi connectivity index (χ2v) is 4.30. The molecule has 0 aliphatic carbocycles. The summed E-state index contributed by atoms with van der Waals surface area (Å²) in [4.78, 5) is 24.4. The highest BCUT2D eigenvalue weighted by molar-refractivity contribution is 5.21. The van der Waals surface area contributed by atoms with Crippen LogP contribution in [0, 0.1) is 12.3 Å². The molecule has 4 atom stereocenters. The van der Waals surface area contributed by atoms with Crippen molar-refractivity contribution in [2.45, 2.75) is 23.8 Å². The van der Waals surface area contributed by atoms with Crippen LogP contribution in [0.25, 0.3) is 0 Å². The summed E-state index contributed by atoms with van der Waals surface area (Å²) in [6.07, 6.45) is 1.89. The number of terminal acetylenes is 1. The Morgan fingerprint density at radius 3 is 2.75 bits per heavy atom. The fourth-order valence-corrected chi connectivity index (χ4v) is 1.96. The minimum absolute atomic E-state index is 0.613. The number of alkyl halides is 1. The zero-order chi connectivity index (χ0) is 15.1. The molecule has 108 valence electrons. The standard InChI is InChI=1S/C11H11FN2O6/c1-2-10(19)7(17)11(12,5-15)20-8(10)14-4-3-6(16)13-9(14)18/h1,3-4,7-8,15,17,19H,5H2,(H,13,16,18). The van der Waals surface area contributed by atoms with Gasteiger partial charge in [0.05, 0.1) is 0 Å². The van der Waals surface area contributed by atoms with Crippen LogP contribution in [0.4, 0.5) is 4.39 Å². The van der Waals surface area contributed by atoms with Crippen molar-refractivity contribution >= 4 is 0 Å². The van der Waals surface area contributed by atoms with Crippen LogP contribution >= 0.6 is 0 Å². The summed E-state index contributed by atoms with van der Waals surface area (Å²) in [5.41, 5.74) is -4.34. The molecule has 4 unspecified atom stereocenters. The van der Waals surface area contributed by atoms with Crippen LogP contribution in [0.2, 0.25) is 0 Å².